The fourth-order valence-electron chi connectivity index (χ4n) is 1.88. The van der Waals surface area contributed by atoms with Gasteiger partial charge in [-0.1, -0.05) is 13.0 Å². The lowest BCUT2D eigenvalue weighted by Gasteiger charge is -2.00. The fraction of sp³-hybridized carbons (Fsp3) is 0.417. The normalized spacial score (nSPS) is 18.0. The van der Waals surface area contributed by atoms with Crippen molar-refractivity contribution in [3.8, 4) is 5.75 Å². The maximum Gasteiger partial charge on any atom is 0.146 e. The number of hydrogen-bond donors (Lipinski definition) is 1. The second kappa shape index (κ2) is 2.75. The Morgan fingerprint density at radius 3 is 2.87 bits per heavy atom. The Bertz CT molecular complexity index is 511. The molecule has 0 aliphatic heterocycles. The second-order valence-electron chi connectivity index (χ2n) is 4.50. The molecular formula is C12H14N2O. The number of imidazole rings is 1. The smallest absolute Gasteiger partial charge is 0.146 e. The highest BCUT2D eigenvalue weighted by Crippen LogP contribution is 2.46. The third-order valence-corrected chi connectivity index (χ3v) is 3.27. The zero-order valence-electron chi connectivity index (χ0n) is 9.00. The molecule has 0 radical (unpaired) electrons. The summed E-state index contributed by atoms with van der Waals surface area (Å²) < 4.78 is 5.29. The van der Waals surface area contributed by atoms with Crippen LogP contribution in [0, 0.1) is 0 Å². The lowest BCUT2D eigenvalue weighted by atomic mass is 10.1. The van der Waals surface area contributed by atoms with Crippen LogP contribution in [-0.2, 0) is 5.41 Å². The van der Waals surface area contributed by atoms with E-state index in [0.29, 0.717) is 0 Å². The molecule has 1 saturated carbocycles. The molecule has 2 aromatic rings. The van der Waals surface area contributed by atoms with E-state index in [4.69, 9.17) is 4.74 Å². The van der Waals surface area contributed by atoms with E-state index in [-0.39, 0.29) is 5.41 Å². The Hall–Kier alpha value is -1.51. The third kappa shape index (κ3) is 1.23. The SMILES string of the molecule is COc1cccc2[nH]c(C3(C)CC3)nc12. The third-order valence-electron chi connectivity index (χ3n) is 3.27. The molecule has 0 unspecified atom stereocenters. The van der Waals surface area contributed by atoms with Crippen molar-refractivity contribution in [1.29, 1.82) is 0 Å². The highest BCUT2D eigenvalue weighted by atomic mass is 16.5. The number of ether oxygens (including phenoxy) is 1. The molecule has 1 N–H and O–H groups in total. The van der Waals surface area contributed by atoms with Crippen LogP contribution in [0.25, 0.3) is 11.0 Å². The van der Waals surface area contributed by atoms with Crippen molar-refractivity contribution >= 4 is 11.0 Å². The van der Waals surface area contributed by atoms with Gasteiger partial charge in [-0.25, -0.2) is 4.98 Å². The Morgan fingerprint density at radius 2 is 2.20 bits per heavy atom. The summed E-state index contributed by atoms with van der Waals surface area (Å²) in [6.45, 7) is 2.25. The number of H-pyrrole nitrogens is 1. The second-order valence-corrected chi connectivity index (χ2v) is 4.50. The Morgan fingerprint density at radius 1 is 1.40 bits per heavy atom. The molecule has 0 bridgehead atoms. The van der Waals surface area contributed by atoms with Gasteiger partial charge in [0.25, 0.3) is 0 Å². The van der Waals surface area contributed by atoms with E-state index in [1.54, 1.807) is 7.11 Å². The summed E-state index contributed by atoms with van der Waals surface area (Å²) in [5.41, 5.74) is 2.30. The van der Waals surface area contributed by atoms with E-state index >= 15 is 0 Å². The van der Waals surface area contributed by atoms with Gasteiger partial charge in [-0.15, -0.1) is 0 Å². The summed E-state index contributed by atoms with van der Waals surface area (Å²) >= 11 is 0. The molecule has 1 heterocycles. The summed E-state index contributed by atoms with van der Waals surface area (Å²) in [6.07, 6.45) is 2.46. The van der Waals surface area contributed by atoms with E-state index in [1.807, 2.05) is 18.2 Å². The minimum Gasteiger partial charge on any atom is -0.494 e. The predicted molar refractivity (Wildman–Crippen MR) is 59.2 cm³/mol. The topological polar surface area (TPSA) is 37.9 Å². The molecule has 0 spiro atoms. The average Bonchev–Trinajstić information content (AvgIpc) is 2.84. The molecule has 1 aromatic heterocycles. The molecule has 78 valence electrons. The quantitative estimate of drug-likeness (QED) is 0.812. The minimum absolute atomic E-state index is 0.282. The van der Waals surface area contributed by atoms with Gasteiger partial charge in [0.15, 0.2) is 0 Å². The van der Waals surface area contributed by atoms with E-state index in [0.717, 1.165) is 22.6 Å². The van der Waals surface area contributed by atoms with Crippen molar-refractivity contribution in [3.63, 3.8) is 0 Å². The van der Waals surface area contributed by atoms with Crippen molar-refractivity contribution < 1.29 is 4.74 Å². The average molecular weight is 202 g/mol. The molecule has 1 aromatic carbocycles. The number of rotatable bonds is 2. The van der Waals surface area contributed by atoms with Crippen LogP contribution in [0.4, 0.5) is 0 Å². The number of methoxy groups -OCH3 is 1. The number of nitrogens with one attached hydrogen (secondary N) is 1. The largest absolute Gasteiger partial charge is 0.494 e. The zero-order chi connectivity index (χ0) is 10.5. The maximum atomic E-state index is 5.29. The van der Waals surface area contributed by atoms with Crippen molar-refractivity contribution in [3.05, 3.63) is 24.0 Å². The lowest BCUT2D eigenvalue weighted by Crippen LogP contribution is -2.01. The number of fused-ring (bicyclic) bond motifs is 1. The number of aromatic amines is 1. The first-order chi connectivity index (χ1) is 7.23. The highest BCUT2D eigenvalue weighted by molar-refractivity contribution is 5.82. The molecule has 3 nitrogen and oxygen atoms in total. The molecule has 3 heteroatoms. The van der Waals surface area contributed by atoms with E-state index in [2.05, 4.69) is 16.9 Å². The van der Waals surface area contributed by atoms with Gasteiger partial charge in [-0.05, 0) is 25.0 Å². The summed E-state index contributed by atoms with van der Waals surface area (Å²) in [6, 6.07) is 5.97. The van der Waals surface area contributed by atoms with Gasteiger partial charge in [-0.2, -0.15) is 0 Å². The van der Waals surface area contributed by atoms with Crippen LogP contribution in [0.5, 0.6) is 5.75 Å². The van der Waals surface area contributed by atoms with Crippen molar-refractivity contribution in [1.82, 2.24) is 9.97 Å². The van der Waals surface area contributed by atoms with Gasteiger partial charge in [0, 0.05) is 5.41 Å². The molecule has 0 atom stereocenters. The highest BCUT2D eigenvalue weighted by Gasteiger charge is 2.42. The number of para-hydroxylation sites is 1. The van der Waals surface area contributed by atoms with Crippen LogP contribution >= 0.6 is 0 Å². The van der Waals surface area contributed by atoms with Crippen molar-refractivity contribution in [2.75, 3.05) is 7.11 Å². The van der Waals surface area contributed by atoms with Gasteiger partial charge in [0.05, 0.1) is 12.6 Å². The van der Waals surface area contributed by atoms with Crippen LogP contribution in [0.1, 0.15) is 25.6 Å². The summed E-state index contributed by atoms with van der Waals surface area (Å²) in [5, 5.41) is 0. The standard InChI is InChI=1S/C12H14N2O/c1-12(6-7-12)11-13-8-4-3-5-9(15-2)10(8)14-11/h3-5H,6-7H2,1-2H3,(H,13,14). The van der Waals surface area contributed by atoms with Gasteiger partial charge in [0.2, 0.25) is 0 Å². The van der Waals surface area contributed by atoms with E-state index < -0.39 is 0 Å². The first-order valence-electron chi connectivity index (χ1n) is 5.26. The maximum absolute atomic E-state index is 5.29. The van der Waals surface area contributed by atoms with Gasteiger partial charge in [-0.3, -0.25) is 0 Å². The van der Waals surface area contributed by atoms with Crippen molar-refractivity contribution in [2.24, 2.45) is 0 Å². The summed E-state index contributed by atoms with van der Waals surface area (Å²) in [5.74, 6) is 1.95. The van der Waals surface area contributed by atoms with Crippen molar-refractivity contribution in [2.45, 2.75) is 25.2 Å². The number of benzene rings is 1. The molecule has 15 heavy (non-hydrogen) atoms. The summed E-state index contributed by atoms with van der Waals surface area (Å²) in [4.78, 5) is 8.02. The Kier molecular flexibility index (Phi) is 1.61. The molecule has 0 amide bonds. The molecule has 0 saturated heterocycles. The number of hydrogen-bond acceptors (Lipinski definition) is 2. The molecule has 1 aliphatic carbocycles. The molecule has 3 rings (SSSR count). The molecular weight excluding hydrogens is 188 g/mol. The van der Waals surface area contributed by atoms with Gasteiger partial charge < -0.3 is 9.72 Å². The van der Waals surface area contributed by atoms with E-state index in [1.165, 1.54) is 12.8 Å². The number of aromatic nitrogens is 2. The zero-order valence-corrected chi connectivity index (χ0v) is 9.00. The van der Waals surface area contributed by atoms with E-state index in [9.17, 15) is 0 Å². The number of nitrogens with zero attached hydrogens (tertiary/aromatic N) is 1. The molecule has 1 aliphatic rings. The minimum atomic E-state index is 0.282. The molecule has 1 fully saturated rings. The summed E-state index contributed by atoms with van der Waals surface area (Å²) in [7, 11) is 1.68. The van der Waals surface area contributed by atoms with Crippen LogP contribution in [0.15, 0.2) is 18.2 Å². The van der Waals surface area contributed by atoms with Crippen LogP contribution in [0.2, 0.25) is 0 Å². The Labute approximate surface area is 88.5 Å². The first-order valence-corrected chi connectivity index (χ1v) is 5.26. The van der Waals surface area contributed by atoms with Crippen LogP contribution < -0.4 is 4.74 Å². The predicted octanol–water partition coefficient (Wildman–Crippen LogP) is 2.62. The van der Waals surface area contributed by atoms with Crippen LogP contribution in [-0.4, -0.2) is 17.1 Å². The van der Waals surface area contributed by atoms with Gasteiger partial charge in [0.1, 0.15) is 17.1 Å². The monoisotopic (exact) mass is 202 g/mol. The Balaban J connectivity index is 2.21. The first kappa shape index (κ1) is 8.77. The lowest BCUT2D eigenvalue weighted by molar-refractivity contribution is 0.419. The van der Waals surface area contributed by atoms with Gasteiger partial charge >= 0.3 is 0 Å². The fourth-order valence-corrected chi connectivity index (χ4v) is 1.88. The van der Waals surface area contributed by atoms with Crippen LogP contribution in [0.3, 0.4) is 0 Å².